The van der Waals surface area contributed by atoms with Gasteiger partial charge in [-0.25, -0.2) is 13.4 Å². The van der Waals surface area contributed by atoms with Crippen molar-refractivity contribution in [3.8, 4) is 11.5 Å². The molecule has 0 aliphatic rings. The molecule has 1 heterocycles. The Balaban J connectivity index is 1.73. The fraction of sp³-hybridized carbons (Fsp3) is 0. The van der Waals surface area contributed by atoms with Crippen LogP contribution in [0.3, 0.4) is 0 Å². The van der Waals surface area contributed by atoms with E-state index in [0.29, 0.717) is 33.3 Å². The van der Waals surface area contributed by atoms with Gasteiger partial charge in [0.25, 0.3) is 10.0 Å². The van der Waals surface area contributed by atoms with Gasteiger partial charge in [0.2, 0.25) is 5.89 Å². The molecule has 4 rings (SSSR count). The predicted octanol–water partition coefficient (Wildman–Crippen LogP) is 4.95. The second kappa shape index (κ2) is 6.48. The lowest BCUT2D eigenvalue weighted by Crippen LogP contribution is -2.12. The molecule has 26 heavy (non-hydrogen) atoms. The Bertz CT molecular complexity index is 1150. The Morgan fingerprint density at radius 2 is 1.65 bits per heavy atom. The molecule has 0 bridgehead atoms. The van der Waals surface area contributed by atoms with Gasteiger partial charge in [-0.2, -0.15) is 0 Å². The van der Waals surface area contributed by atoms with Crippen LogP contribution in [0.5, 0.6) is 0 Å². The van der Waals surface area contributed by atoms with Gasteiger partial charge in [-0.3, -0.25) is 4.72 Å². The molecule has 7 heteroatoms. The summed E-state index contributed by atoms with van der Waals surface area (Å²) in [6.45, 7) is 0. The van der Waals surface area contributed by atoms with Crippen LogP contribution in [0.4, 0.5) is 5.69 Å². The number of hydrogen-bond donors (Lipinski definition) is 1. The summed E-state index contributed by atoms with van der Waals surface area (Å²) >= 11 is 6.27. The maximum absolute atomic E-state index is 12.5. The smallest absolute Gasteiger partial charge is 0.261 e. The minimum absolute atomic E-state index is 0.179. The summed E-state index contributed by atoms with van der Waals surface area (Å²) in [5.41, 5.74) is 2.22. The van der Waals surface area contributed by atoms with E-state index >= 15 is 0 Å². The molecule has 4 aromatic rings. The van der Waals surface area contributed by atoms with Crippen molar-refractivity contribution >= 4 is 38.4 Å². The summed E-state index contributed by atoms with van der Waals surface area (Å²) in [5.74, 6) is 0.331. The number of sulfonamides is 1. The highest BCUT2D eigenvalue weighted by Crippen LogP contribution is 2.32. The molecule has 3 aromatic carbocycles. The Morgan fingerprint density at radius 1 is 0.923 bits per heavy atom. The molecule has 0 fully saturated rings. The van der Waals surface area contributed by atoms with Crippen LogP contribution in [0.2, 0.25) is 5.02 Å². The van der Waals surface area contributed by atoms with Crippen molar-refractivity contribution in [1.82, 2.24) is 4.98 Å². The highest BCUT2D eigenvalue weighted by molar-refractivity contribution is 7.92. The quantitative estimate of drug-likeness (QED) is 0.540. The molecule has 0 radical (unpaired) electrons. The minimum atomic E-state index is -3.69. The molecule has 0 aliphatic heterocycles. The summed E-state index contributed by atoms with van der Waals surface area (Å²) < 4.78 is 33.3. The zero-order valence-electron chi connectivity index (χ0n) is 13.4. The van der Waals surface area contributed by atoms with Gasteiger partial charge in [0.05, 0.1) is 15.5 Å². The van der Waals surface area contributed by atoms with Gasteiger partial charge in [0, 0.05) is 5.69 Å². The van der Waals surface area contributed by atoms with E-state index in [2.05, 4.69) is 9.71 Å². The molecule has 0 saturated heterocycles. The van der Waals surface area contributed by atoms with Gasteiger partial charge in [0.1, 0.15) is 5.52 Å². The van der Waals surface area contributed by atoms with E-state index in [9.17, 15) is 8.42 Å². The average Bonchev–Trinajstić information content (AvgIpc) is 3.08. The van der Waals surface area contributed by atoms with Crippen molar-refractivity contribution in [3.05, 3.63) is 77.8 Å². The molecular formula is C19H13ClN2O3S. The van der Waals surface area contributed by atoms with Crippen LogP contribution in [0.25, 0.3) is 22.6 Å². The fourth-order valence-electron chi connectivity index (χ4n) is 2.55. The fourth-order valence-corrected chi connectivity index (χ4v) is 3.82. The number of hydrogen-bond acceptors (Lipinski definition) is 4. The lowest BCUT2D eigenvalue weighted by Gasteiger charge is -2.09. The number of oxazole rings is 1. The second-order valence-electron chi connectivity index (χ2n) is 5.60. The summed E-state index contributed by atoms with van der Waals surface area (Å²) in [4.78, 5) is 4.59. The monoisotopic (exact) mass is 384 g/mol. The van der Waals surface area contributed by atoms with Gasteiger partial charge in [-0.1, -0.05) is 41.9 Å². The molecule has 0 atom stereocenters. The first-order chi connectivity index (χ1) is 12.5. The zero-order valence-corrected chi connectivity index (χ0v) is 15.0. The number of para-hydroxylation sites is 2. The standard InChI is InChI=1S/C19H13ClN2O3S/c20-16-11-10-13(22-26(23,24)14-6-2-1-3-7-14)12-15(16)19-21-17-8-4-5-9-18(17)25-19/h1-12,22H. The van der Waals surface area contributed by atoms with Crippen LogP contribution in [-0.4, -0.2) is 13.4 Å². The van der Waals surface area contributed by atoms with E-state index in [1.165, 1.54) is 12.1 Å². The Morgan fingerprint density at radius 3 is 2.42 bits per heavy atom. The largest absolute Gasteiger partial charge is 0.436 e. The number of nitrogens with one attached hydrogen (secondary N) is 1. The first-order valence-electron chi connectivity index (χ1n) is 7.76. The van der Waals surface area contributed by atoms with E-state index in [0.717, 1.165) is 0 Å². The van der Waals surface area contributed by atoms with Crippen molar-refractivity contribution in [3.63, 3.8) is 0 Å². The lowest BCUT2D eigenvalue weighted by atomic mass is 10.2. The van der Waals surface area contributed by atoms with Crippen molar-refractivity contribution in [1.29, 1.82) is 0 Å². The molecule has 130 valence electrons. The SMILES string of the molecule is O=S(=O)(Nc1ccc(Cl)c(-c2nc3ccccc3o2)c1)c1ccccc1. The van der Waals surface area contributed by atoms with Gasteiger partial charge in [0.15, 0.2) is 5.58 Å². The molecule has 0 unspecified atom stereocenters. The summed E-state index contributed by atoms with van der Waals surface area (Å²) in [6, 6.07) is 20.3. The van der Waals surface area contributed by atoms with Gasteiger partial charge >= 0.3 is 0 Å². The normalized spacial score (nSPS) is 11.6. The number of benzene rings is 3. The van der Waals surface area contributed by atoms with Crippen LogP contribution in [0.1, 0.15) is 0 Å². The molecule has 0 aliphatic carbocycles. The molecule has 0 saturated carbocycles. The topological polar surface area (TPSA) is 72.2 Å². The minimum Gasteiger partial charge on any atom is -0.436 e. The van der Waals surface area contributed by atoms with Gasteiger partial charge in [-0.15, -0.1) is 0 Å². The first-order valence-corrected chi connectivity index (χ1v) is 9.62. The summed E-state index contributed by atoms with van der Waals surface area (Å²) in [7, 11) is -3.69. The Hall–Kier alpha value is -2.83. The molecular weight excluding hydrogens is 372 g/mol. The maximum atomic E-state index is 12.5. The summed E-state index contributed by atoms with van der Waals surface area (Å²) in [6.07, 6.45) is 0. The van der Waals surface area contributed by atoms with Gasteiger partial charge < -0.3 is 4.42 Å². The third-order valence-corrected chi connectivity index (χ3v) is 5.52. The first kappa shape index (κ1) is 16.6. The van der Waals surface area contributed by atoms with Crippen molar-refractivity contribution in [2.24, 2.45) is 0 Å². The lowest BCUT2D eigenvalue weighted by molar-refractivity contribution is 0.601. The highest BCUT2D eigenvalue weighted by Gasteiger charge is 2.16. The number of fused-ring (bicyclic) bond motifs is 1. The molecule has 0 amide bonds. The van der Waals surface area contributed by atoms with E-state index in [1.54, 1.807) is 36.4 Å². The number of nitrogens with zero attached hydrogens (tertiary/aromatic N) is 1. The number of aromatic nitrogens is 1. The maximum Gasteiger partial charge on any atom is 0.261 e. The van der Waals surface area contributed by atoms with Crippen LogP contribution in [-0.2, 0) is 10.0 Å². The Labute approximate surface area is 155 Å². The zero-order chi connectivity index (χ0) is 18.1. The molecule has 1 N–H and O–H groups in total. The molecule has 0 spiro atoms. The molecule has 5 nitrogen and oxygen atoms in total. The van der Waals surface area contributed by atoms with Crippen LogP contribution >= 0.6 is 11.6 Å². The van der Waals surface area contributed by atoms with Crippen molar-refractivity contribution in [2.45, 2.75) is 4.90 Å². The number of anilines is 1. The van der Waals surface area contributed by atoms with E-state index in [1.807, 2.05) is 24.3 Å². The van der Waals surface area contributed by atoms with Crippen LogP contribution in [0, 0.1) is 0 Å². The van der Waals surface area contributed by atoms with Crippen molar-refractivity contribution in [2.75, 3.05) is 4.72 Å². The number of rotatable bonds is 4. The van der Waals surface area contributed by atoms with Crippen LogP contribution < -0.4 is 4.72 Å². The molecule has 1 aromatic heterocycles. The third-order valence-electron chi connectivity index (χ3n) is 3.80. The van der Waals surface area contributed by atoms with E-state index in [-0.39, 0.29) is 4.90 Å². The third kappa shape index (κ3) is 3.16. The second-order valence-corrected chi connectivity index (χ2v) is 7.69. The predicted molar refractivity (Wildman–Crippen MR) is 102 cm³/mol. The Kier molecular flexibility index (Phi) is 4.14. The van der Waals surface area contributed by atoms with Crippen LogP contribution in [0.15, 0.2) is 82.1 Å². The highest BCUT2D eigenvalue weighted by atomic mass is 35.5. The number of halogens is 1. The summed E-state index contributed by atoms with van der Waals surface area (Å²) in [5, 5.41) is 0.416. The van der Waals surface area contributed by atoms with Crippen molar-refractivity contribution < 1.29 is 12.8 Å². The average molecular weight is 385 g/mol. The van der Waals surface area contributed by atoms with E-state index < -0.39 is 10.0 Å². The van der Waals surface area contributed by atoms with Gasteiger partial charge in [-0.05, 0) is 42.5 Å². The van der Waals surface area contributed by atoms with E-state index in [4.69, 9.17) is 16.0 Å².